The third kappa shape index (κ3) is 3.55. The molecule has 0 aliphatic carbocycles. The lowest BCUT2D eigenvalue weighted by Crippen LogP contribution is -2.33. The van der Waals surface area contributed by atoms with Crippen molar-refractivity contribution in [3.63, 3.8) is 0 Å². The number of rotatable bonds is 4. The smallest absolute Gasteiger partial charge is 0.282 e. The maximum atomic E-state index is 13.4. The van der Waals surface area contributed by atoms with Crippen LogP contribution in [0.1, 0.15) is 16.7 Å². The van der Waals surface area contributed by atoms with Crippen LogP contribution in [0, 0.1) is 13.8 Å². The molecule has 3 aromatic rings. The zero-order valence-corrected chi connectivity index (χ0v) is 16.8. The number of amides is 2. The van der Waals surface area contributed by atoms with E-state index in [1.165, 1.54) is 4.90 Å². The summed E-state index contributed by atoms with van der Waals surface area (Å²) in [7, 11) is 0. The predicted molar refractivity (Wildman–Crippen MR) is 117 cm³/mol. The molecule has 0 radical (unpaired) electrons. The van der Waals surface area contributed by atoms with Crippen molar-refractivity contribution in [3.05, 3.63) is 100 Å². The van der Waals surface area contributed by atoms with Crippen molar-refractivity contribution < 1.29 is 9.59 Å². The van der Waals surface area contributed by atoms with Crippen molar-refractivity contribution in [2.24, 2.45) is 0 Å². The second-order valence-electron chi connectivity index (χ2n) is 6.98. The Bertz CT molecular complexity index is 1140. The van der Waals surface area contributed by atoms with E-state index in [4.69, 9.17) is 11.6 Å². The molecule has 0 aromatic heterocycles. The third-order valence-electron chi connectivity index (χ3n) is 4.88. The third-order valence-corrected chi connectivity index (χ3v) is 5.11. The number of carbonyl (C=O) groups excluding carboxylic acids is 2. The maximum absolute atomic E-state index is 13.4. The van der Waals surface area contributed by atoms with Gasteiger partial charge in [0.25, 0.3) is 11.8 Å². The van der Waals surface area contributed by atoms with Gasteiger partial charge in [0.15, 0.2) is 0 Å². The minimum Gasteiger partial charge on any atom is -0.350 e. The number of benzene rings is 3. The average molecular weight is 403 g/mol. The first-order valence-electron chi connectivity index (χ1n) is 9.24. The van der Waals surface area contributed by atoms with Crippen LogP contribution in [0.5, 0.6) is 0 Å². The Hall–Kier alpha value is -3.37. The van der Waals surface area contributed by atoms with Crippen LogP contribution in [0.4, 0.5) is 11.4 Å². The molecule has 0 atom stereocenters. The molecule has 1 N–H and O–H groups in total. The van der Waals surface area contributed by atoms with Crippen LogP contribution in [0.15, 0.2) is 78.5 Å². The Morgan fingerprint density at radius 1 is 0.828 bits per heavy atom. The van der Waals surface area contributed by atoms with E-state index in [2.05, 4.69) is 5.32 Å². The van der Waals surface area contributed by atoms with Gasteiger partial charge in [-0.2, -0.15) is 0 Å². The van der Waals surface area contributed by atoms with Crippen LogP contribution >= 0.6 is 11.6 Å². The van der Waals surface area contributed by atoms with Crippen LogP contribution in [0.3, 0.4) is 0 Å². The molecular formula is C24H19ClN2O2. The van der Waals surface area contributed by atoms with Gasteiger partial charge in [0, 0.05) is 10.7 Å². The maximum Gasteiger partial charge on any atom is 0.282 e. The fourth-order valence-electron chi connectivity index (χ4n) is 3.34. The summed E-state index contributed by atoms with van der Waals surface area (Å²) in [5, 5.41) is 3.62. The first-order chi connectivity index (χ1) is 14.0. The average Bonchev–Trinajstić information content (AvgIpc) is 2.95. The lowest BCUT2D eigenvalue weighted by Gasteiger charge is -2.18. The largest absolute Gasteiger partial charge is 0.350 e. The van der Waals surface area contributed by atoms with Crippen LogP contribution in [0.2, 0.25) is 5.02 Å². The monoisotopic (exact) mass is 402 g/mol. The van der Waals surface area contributed by atoms with Gasteiger partial charge in [-0.25, -0.2) is 4.90 Å². The molecule has 144 valence electrons. The predicted octanol–water partition coefficient (Wildman–Crippen LogP) is 5.35. The Morgan fingerprint density at radius 2 is 1.52 bits per heavy atom. The normalized spacial score (nSPS) is 14.0. The Labute approximate surface area is 174 Å². The number of halogens is 1. The summed E-state index contributed by atoms with van der Waals surface area (Å²) in [5.41, 5.74) is 4.38. The molecule has 0 fully saturated rings. The first kappa shape index (κ1) is 19.0. The molecule has 29 heavy (non-hydrogen) atoms. The van der Waals surface area contributed by atoms with E-state index in [1.807, 2.05) is 68.4 Å². The molecule has 1 aliphatic heterocycles. The van der Waals surface area contributed by atoms with Crippen molar-refractivity contribution in [3.8, 4) is 0 Å². The molecule has 1 aliphatic rings. The number of carbonyl (C=O) groups is 2. The van der Waals surface area contributed by atoms with Gasteiger partial charge < -0.3 is 5.32 Å². The Kier molecular flexibility index (Phi) is 4.95. The molecule has 1 heterocycles. The van der Waals surface area contributed by atoms with Crippen LogP contribution in [0.25, 0.3) is 5.57 Å². The van der Waals surface area contributed by atoms with Gasteiger partial charge in [-0.3, -0.25) is 9.59 Å². The van der Waals surface area contributed by atoms with E-state index < -0.39 is 5.91 Å². The number of anilines is 2. The summed E-state index contributed by atoms with van der Waals surface area (Å²) in [5.74, 6) is -0.776. The highest BCUT2D eigenvalue weighted by Gasteiger charge is 2.40. The summed E-state index contributed by atoms with van der Waals surface area (Å²) in [6, 6.07) is 22.1. The molecule has 4 nitrogen and oxygen atoms in total. The Morgan fingerprint density at radius 3 is 2.21 bits per heavy atom. The van der Waals surface area contributed by atoms with Gasteiger partial charge >= 0.3 is 0 Å². The molecule has 3 aromatic carbocycles. The topological polar surface area (TPSA) is 49.4 Å². The molecule has 0 saturated heterocycles. The van der Waals surface area contributed by atoms with E-state index in [9.17, 15) is 9.59 Å². The zero-order valence-electron chi connectivity index (χ0n) is 16.1. The molecule has 0 spiro atoms. The summed E-state index contributed by atoms with van der Waals surface area (Å²) in [6.45, 7) is 3.82. The van der Waals surface area contributed by atoms with E-state index >= 15 is 0 Å². The van der Waals surface area contributed by atoms with Crippen molar-refractivity contribution >= 4 is 40.4 Å². The highest BCUT2D eigenvalue weighted by atomic mass is 35.5. The van der Waals surface area contributed by atoms with E-state index in [0.717, 1.165) is 16.8 Å². The number of para-hydroxylation sites is 1. The Balaban J connectivity index is 1.85. The van der Waals surface area contributed by atoms with Crippen molar-refractivity contribution in [2.75, 3.05) is 10.2 Å². The summed E-state index contributed by atoms with van der Waals surface area (Å²) >= 11 is 6.15. The molecule has 0 unspecified atom stereocenters. The molecule has 4 rings (SSSR count). The minimum atomic E-state index is -0.403. The fraction of sp³-hybridized carbons (Fsp3) is 0.0833. The van der Waals surface area contributed by atoms with E-state index in [0.29, 0.717) is 21.8 Å². The minimum absolute atomic E-state index is 0.254. The summed E-state index contributed by atoms with van der Waals surface area (Å²) < 4.78 is 0. The molecule has 0 saturated carbocycles. The highest BCUT2D eigenvalue weighted by molar-refractivity contribution is 6.46. The molecule has 2 amide bonds. The van der Waals surface area contributed by atoms with Crippen molar-refractivity contribution in [2.45, 2.75) is 13.8 Å². The number of imide groups is 1. The number of nitrogens with zero attached hydrogens (tertiary/aromatic N) is 1. The van der Waals surface area contributed by atoms with E-state index in [-0.39, 0.29) is 11.6 Å². The molecule has 0 bridgehead atoms. The number of aryl methyl sites for hydroxylation is 2. The zero-order chi connectivity index (χ0) is 20.5. The van der Waals surface area contributed by atoms with Crippen LogP contribution in [-0.4, -0.2) is 11.8 Å². The van der Waals surface area contributed by atoms with E-state index in [1.54, 1.807) is 18.2 Å². The van der Waals surface area contributed by atoms with Crippen LogP contribution in [-0.2, 0) is 9.59 Å². The second-order valence-corrected chi connectivity index (χ2v) is 7.42. The summed E-state index contributed by atoms with van der Waals surface area (Å²) in [6.07, 6.45) is 0. The molecular weight excluding hydrogens is 384 g/mol. The van der Waals surface area contributed by atoms with Gasteiger partial charge in [0.1, 0.15) is 5.70 Å². The fourth-order valence-corrected chi connectivity index (χ4v) is 3.51. The number of hydrogen-bond acceptors (Lipinski definition) is 3. The van der Waals surface area contributed by atoms with Crippen LogP contribution < -0.4 is 10.2 Å². The molecule has 5 heteroatoms. The quantitative estimate of drug-likeness (QED) is 0.598. The van der Waals surface area contributed by atoms with Gasteiger partial charge in [-0.05, 0) is 49.2 Å². The van der Waals surface area contributed by atoms with Gasteiger partial charge in [0.2, 0.25) is 0 Å². The number of hydrogen-bond donors (Lipinski definition) is 1. The highest BCUT2D eigenvalue weighted by Crippen LogP contribution is 2.36. The van der Waals surface area contributed by atoms with Gasteiger partial charge in [0.05, 0.1) is 11.3 Å². The lowest BCUT2D eigenvalue weighted by molar-refractivity contribution is -0.120. The second kappa shape index (κ2) is 7.57. The number of nitrogens with one attached hydrogen (secondary N) is 1. The van der Waals surface area contributed by atoms with Gasteiger partial charge in [-0.15, -0.1) is 0 Å². The van der Waals surface area contributed by atoms with Crippen molar-refractivity contribution in [1.29, 1.82) is 0 Å². The SMILES string of the molecule is Cc1ccc(C2=C(Nc3ccccc3)C(=O)N(c3cc(Cl)ccc3C)C2=O)cc1. The summed E-state index contributed by atoms with van der Waals surface area (Å²) in [4.78, 5) is 28.0. The van der Waals surface area contributed by atoms with Gasteiger partial charge in [-0.1, -0.05) is 65.7 Å². The lowest BCUT2D eigenvalue weighted by atomic mass is 10.0. The first-order valence-corrected chi connectivity index (χ1v) is 9.62. The standard InChI is InChI=1S/C24H19ClN2O2/c1-15-8-11-17(12-9-15)21-22(26-19-6-4-3-5-7-19)24(29)27(23(21)28)20-14-18(25)13-10-16(20)2/h3-14,26H,1-2H3. The van der Waals surface area contributed by atoms with Crippen molar-refractivity contribution in [1.82, 2.24) is 0 Å².